The van der Waals surface area contributed by atoms with Gasteiger partial charge in [-0.25, -0.2) is 0 Å². The van der Waals surface area contributed by atoms with Crippen LogP contribution in [0.4, 0.5) is 0 Å². The van der Waals surface area contributed by atoms with Crippen molar-refractivity contribution in [1.29, 1.82) is 0 Å². The lowest BCUT2D eigenvalue weighted by Gasteiger charge is -2.23. The molecule has 7 heteroatoms. The van der Waals surface area contributed by atoms with Crippen LogP contribution in [0.2, 0.25) is 0 Å². The molecule has 3 N–H and O–H groups in total. The summed E-state index contributed by atoms with van der Waals surface area (Å²) in [5, 5.41) is 2.74. The number of amides is 3. The fourth-order valence-corrected chi connectivity index (χ4v) is 2.62. The molecule has 0 aliphatic heterocycles. The van der Waals surface area contributed by atoms with Crippen LogP contribution in [0.25, 0.3) is 0 Å². The van der Waals surface area contributed by atoms with E-state index in [0.717, 1.165) is 5.56 Å². The van der Waals surface area contributed by atoms with E-state index in [2.05, 4.69) is 16.2 Å². The Bertz CT molecular complexity index is 839. The van der Waals surface area contributed by atoms with E-state index in [1.54, 1.807) is 30.3 Å². The standard InChI is InChI=1S/C22H27N3O4/c1-4-16(3)20(23-21(27)17-10-6-5-7-11-17)22(28)25-24-19(26)14-29-18-12-8-9-15(2)13-18/h5-13,16,20H,4,14H2,1-3H3,(H,23,27)(H,24,26)(H,25,28)/t16-,20-/m0/s1. The van der Waals surface area contributed by atoms with Gasteiger partial charge in [-0.3, -0.25) is 25.2 Å². The smallest absolute Gasteiger partial charge is 0.276 e. The van der Waals surface area contributed by atoms with Gasteiger partial charge >= 0.3 is 0 Å². The number of rotatable bonds is 8. The third-order valence-corrected chi connectivity index (χ3v) is 4.50. The Morgan fingerprint density at radius 2 is 1.72 bits per heavy atom. The van der Waals surface area contributed by atoms with E-state index in [9.17, 15) is 14.4 Å². The van der Waals surface area contributed by atoms with Gasteiger partial charge in [-0.15, -0.1) is 0 Å². The number of carbonyl (C=O) groups is 3. The van der Waals surface area contributed by atoms with Gasteiger partial charge < -0.3 is 10.1 Å². The zero-order valence-electron chi connectivity index (χ0n) is 16.9. The highest BCUT2D eigenvalue weighted by atomic mass is 16.5. The maximum absolute atomic E-state index is 12.6. The van der Waals surface area contributed by atoms with Crippen LogP contribution in [0.1, 0.15) is 36.2 Å². The summed E-state index contributed by atoms with van der Waals surface area (Å²) >= 11 is 0. The van der Waals surface area contributed by atoms with E-state index < -0.39 is 17.9 Å². The highest BCUT2D eigenvalue weighted by molar-refractivity contribution is 5.97. The lowest BCUT2D eigenvalue weighted by molar-refractivity contribution is -0.131. The first-order chi connectivity index (χ1) is 13.9. The average Bonchev–Trinajstić information content (AvgIpc) is 2.74. The third-order valence-electron chi connectivity index (χ3n) is 4.50. The minimum Gasteiger partial charge on any atom is -0.484 e. The van der Waals surface area contributed by atoms with E-state index in [-0.39, 0.29) is 18.4 Å². The molecule has 0 heterocycles. The third kappa shape index (κ3) is 6.95. The normalized spacial score (nSPS) is 12.4. The number of hydrogen-bond donors (Lipinski definition) is 3. The van der Waals surface area contributed by atoms with Gasteiger partial charge in [0, 0.05) is 5.56 Å². The predicted octanol–water partition coefficient (Wildman–Crippen LogP) is 2.37. The number of hydrazine groups is 1. The molecule has 0 radical (unpaired) electrons. The fourth-order valence-electron chi connectivity index (χ4n) is 2.62. The topological polar surface area (TPSA) is 96.5 Å². The molecule has 0 fully saturated rings. The molecule has 0 saturated carbocycles. The second-order valence-electron chi connectivity index (χ2n) is 6.85. The van der Waals surface area contributed by atoms with Gasteiger partial charge in [-0.1, -0.05) is 50.6 Å². The molecule has 0 aliphatic rings. The van der Waals surface area contributed by atoms with Crippen LogP contribution in [0.5, 0.6) is 5.75 Å². The first kappa shape index (κ1) is 21.9. The van der Waals surface area contributed by atoms with Gasteiger partial charge in [-0.05, 0) is 42.7 Å². The molecule has 2 aromatic rings. The molecule has 3 amide bonds. The van der Waals surface area contributed by atoms with E-state index in [0.29, 0.717) is 17.7 Å². The molecule has 0 aliphatic carbocycles. The minimum atomic E-state index is -0.786. The van der Waals surface area contributed by atoms with Crippen LogP contribution < -0.4 is 20.9 Å². The summed E-state index contributed by atoms with van der Waals surface area (Å²) < 4.78 is 5.40. The maximum Gasteiger partial charge on any atom is 0.276 e. The number of ether oxygens (including phenoxy) is 1. The number of benzene rings is 2. The summed E-state index contributed by atoms with van der Waals surface area (Å²) in [5.41, 5.74) is 6.17. The Balaban J connectivity index is 1.88. The summed E-state index contributed by atoms with van der Waals surface area (Å²) in [6.07, 6.45) is 0.678. The van der Waals surface area contributed by atoms with Crippen LogP contribution in [-0.4, -0.2) is 30.4 Å². The molecule has 2 aromatic carbocycles. The molecule has 0 saturated heterocycles. The van der Waals surface area contributed by atoms with Gasteiger partial charge in [-0.2, -0.15) is 0 Å². The van der Waals surface area contributed by atoms with Crippen LogP contribution in [0.15, 0.2) is 54.6 Å². The number of hydrogen-bond acceptors (Lipinski definition) is 4. The highest BCUT2D eigenvalue weighted by Crippen LogP contribution is 2.12. The molecule has 154 valence electrons. The van der Waals surface area contributed by atoms with Gasteiger partial charge in [0.15, 0.2) is 6.61 Å². The maximum atomic E-state index is 12.6. The lowest BCUT2D eigenvalue weighted by Crippen LogP contribution is -2.55. The average molecular weight is 397 g/mol. The summed E-state index contributed by atoms with van der Waals surface area (Å²) in [7, 11) is 0. The fraction of sp³-hybridized carbons (Fsp3) is 0.318. The molecular formula is C22H27N3O4. The van der Waals surface area contributed by atoms with E-state index >= 15 is 0 Å². The second-order valence-corrected chi connectivity index (χ2v) is 6.85. The lowest BCUT2D eigenvalue weighted by atomic mass is 9.98. The second kappa shape index (κ2) is 10.8. The zero-order valence-corrected chi connectivity index (χ0v) is 16.9. The van der Waals surface area contributed by atoms with Crippen molar-refractivity contribution < 1.29 is 19.1 Å². The molecule has 29 heavy (non-hydrogen) atoms. The van der Waals surface area contributed by atoms with Crippen molar-refractivity contribution in [2.45, 2.75) is 33.2 Å². The van der Waals surface area contributed by atoms with Crippen LogP contribution in [-0.2, 0) is 9.59 Å². The molecule has 0 aromatic heterocycles. The summed E-state index contributed by atoms with van der Waals surface area (Å²) in [6, 6.07) is 15.2. The summed E-state index contributed by atoms with van der Waals surface area (Å²) in [5.74, 6) is -0.896. The van der Waals surface area contributed by atoms with Gasteiger partial charge in [0.05, 0.1) is 0 Å². The van der Waals surface area contributed by atoms with Crippen molar-refractivity contribution in [3.8, 4) is 5.75 Å². The van der Waals surface area contributed by atoms with E-state index in [4.69, 9.17) is 4.74 Å². The first-order valence-corrected chi connectivity index (χ1v) is 9.54. The van der Waals surface area contributed by atoms with Gasteiger partial charge in [0.1, 0.15) is 11.8 Å². The van der Waals surface area contributed by atoms with Gasteiger partial charge in [0.2, 0.25) is 0 Å². The quantitative estimate of drug-likeness (QED) is 0.596. The van der Waals surface area contributed by atoms with Crippen molar-refractivity contribution in [2.75, 3.05) is 6.61 Å². The van der Waals surface area contributed by atoms with Crippen molar-refractivity contribution in [2.24, 2.45) is 5.92 Å². The molecule has 0 unspecified atom stereocenters. The Morgan fingerprint density at radius 1 is 1.00 bits per heavy atom. The summed E-state index contributed by atoms with van der Waals surface area (Å²) in [6.45, 7) is 5.46. The predicted molar refractivity (Wildman–Crippen MR) is 110 cm³/mol. The van der Waals surface area contributed by atoms with E-state index in [1.807, 2.05) is 45.0 Å². The molecular weight excluding hydrogens is 370 g/mol. The van der Waals surface area contributed by atoms with Crippen molar-refractivity contribution in [3.05, 3.63) is 65.7 Å². The largest absolute Gasteiger partial charge is 0.484 e. The molecule has 0 bridgehead atoms. The Morgan fingerprint density at radius 3 is 2.38 bits per heavy atom. The molecule has 2 atom stereocenters. The van der Waals surface area contributed by atoms with Crippen molar-refractivity contribution in [3.63, 3.8) is 0 Å². The van der Waals surface area contributed by atoms with Gasteiger partial charge in [0.25, 0.3) is 17.7 Å². The Kier molecular flexibility index (Phi) is 8.21. The van der Waals surface area contributed by atoms with Crippen LogP contribution >= 0.6 is 0 Å². The number of aryl methyl sites for hydroxylation is 1. The molecule has 7 nitrogen and oxygen atoms in total. The molecule has 0 spiro atoms. The minimum absolute atomic E-state index is 0.122. The van der Waals surface area contributed by atoms with Crippen LogP contribution in [0, 0.1) is 12.8 Å². The first-order valence-electron chi connectivity index (χ1n) is 9.54. The Hall–Kier alpha value is -3.35. The van der Waals surface area contributed by atoms with Crippen molar-refractivity contribution in [1.82, 2.24) is 16.2 Å². The SMILES string of the molecule is CC[C@H](C)[C@H](NC(=O)c1ccccc1)C(=O)NNC(=O)COc1cccc(C)c1. The zero-order chi connectivity index (χ0) is 21.2. The monoisotopic (exact) mass is 397 g/mol. The number of carbonyl (C=O) groups excluding carboxylic acids is 3. The molecule has 2 rings (SSSR count). The Labute approximate surface area is 170 Å². The highest BCUT2D eigenvalue weighted by Gasteiger charge is 2.26. The van der Waals surface area contributed by atoms with Crippen molar-refractivity contribution >= 4 is 17.7 Å². The van der Waals surface area contributed by atoms with Crippen LogP contribution in [0.3, 0.4) is 0 Å². The van der Waals surface area contributed by atoms with E-state index in [1.165, 1.54) is 0 Å². The summed E-state index contributed by atoms with van der Waals surface area (Å²) in [4.78, 5) is 36.9. The number of nitrogens with one attached hydrogen (secondary N) is 3.